The molecule has 0 saturated carbocycles. The lowest BCUT2D eigenvalue weighted by molar-refractivity contribution is 0.414. The first kappa shape index (κ1) is 16.8. The number of hydrogen-bond acceptors (Lipinski definition) is 4. The molecular weight excluding hydrogens is 344 g/mol. The summed E-state index contributed by atoms with van der Waals surface area (Å²) < 4.78 is 9.47. The molecule has 0 radical (unpaired) electrons. The molecule has 4 rings (SSSR count). The molecule has 0 bridgehead atoms. The summed E-state index contributed by atoms with van der Waals surface area (Å²) in [6.07, 6.45) is 1.54. The van der Waals surface area contributed by atoms with Crippen molar-refractivity contribution < 1.29 is 4.74 Å². The first-order valence-corrected chi connectivity index (χ1v) is 8.42. The summed E-state index contributed by atoms with van der Waals surface area (Å²) in [5.41, 5.74) is 1.81. The normalized spacial score (nSPS) is 11.1. The Bertz CT molecular complexity index is 1260. The zero-order chi connectivity index (χ0) is 19.1. The molecule has 7 nitrogen and oxygen atoms in total. The van der Waals surface area contributed by atoms with Crippen molar-refractivity contribution >= 4 is 11.2 Å². The number of aromatic nitrogens is 4. The van der Waals surface area contributed by atoms with Gasteiger partial charge in [-0.2, -0.15) is 0 Å². The molecule has 136 valence electrons. The van der Waals surface area contributed by atoms with E-state index in [-0.39, 0.29) is 0 Å². The summed E-state index contributed by atoms with van der Waals surface area (Å²) in [4.78, 5) is 30.8. The molecule has 4 aromatic rings. The maximum absolute atomic E-state index is 13.4. The third-order valence-electron chi connectivity index (χ3n) is 4.60. The number of fused-ring (bicyclic) bond motifs is 1. The predicted octanol–water partition coefficient (Wildman–Crippen LogP) is 2.19. The number of rotatable bonds is 3. The molecule has 0 aliphatic carbocycles. The first-order chi connectivity index (χ1) is 13.0. The number of benzene rings is 2. The van der Waals surface area contributed by atoms with Gasteiger partial charge in [-0.15, -0.1) is 0 Å². The fourth-order valence-corrected chi connectivity index (χ4v) is 3.20. The van der Waals surface area contributed by atoms with E-state index in [2.05, 4.69) is 4.98 Å². The molecule has 0 amide bonds. The number of nitrogens with zero attached hydrogens (tertiary/aromatic N) is 4. The summed E-state index contributed by atoms with van der Waals surface area (Å²) in [6.45, 7) is 1.87. The first-order valence-electron chi connectivity index (χ1n) is 8.42. The Hall–Kier alpha value is -3.61. The van der Waals surface area contributed by atoms with Gasteiger partial charge in [-0.3, -0.25) is 4.79 Å². The average molecular weight is 362 g/mol. The Labute approximate surface area is 154 Å². The highest BCUT2D eigenvalue weighted by Gasteiger charge is 2.19. The third-order valence-corrected chi connectivity index (χ3v) is 4.60. The van der Waals surface area contributed by atoms with Gasteiger partial charge in [-0.05, 0) is 42.8 Å². The molecule has 0 saturated heterocycles. The highest BCUT2D eigenvalue weighted by molar-refractivity contribution is 5.73. The van der Waals surface area contributed by atoms with Crippen LogP contribution in [-0.4, -0.2) is 25.8 Å². The van der Waals surface area contributed by atoms with Crippen LogP contribution in [0.1, 0.15) is 5.56 Å². The van der Waals surface area contributed by atoms with Crippen LogP contribution < -0.4 is 16.0 Å². The lowest BCUT2D eigenvalue weighted by atomic mass is 10.2. The van der Waals surface area contributed by atoms with Crippen LogP contribution >= 0.6 is 0 Å². The van der Waals surface area contributed by atoms with E-state index >= 15 is 0 Å². The van der Waals surface area contributed by atoms with Crippen molar-refractivity contribution in [2.45, 2.75) is 6.92 Å². The fraction of sp³-hybridized carbons (Fsp3) is 0.150. The van der Waals surface area contributed by atoms with Crippen molar-refractivity contribution in [3.05, 3.63) is 81.3 Å². The minimum Gasteiger partial charge on any atom is -0.497 e. The Balaban J connectivity index is 2.15. The number of imidazole rings is 1. The molecule has 0 aliphatic heterocycles. The molecule has 0 unspecified atom stereocenters. The van der Waals surface area contributed by atoms with Crippen molar-refractivity contribution in [3.8, 4) is 17.1 Å². The van der Waals surface area contributed by atoms with Crippen LogP contribution in [0.4, 0.5) is 0 Å². The maximum Gasteiger partial charge on any atom is 0.342 e. The number of hydrogen-bond donors (Lipinski definition) is 0. The Kier molecular flexibility index (Phi) is 3.92. The van der Waals surface area contributed by atoms with Gasteiger partial charge in [0.25, 0.3) is 5.56 Å². The molecule has 7 heteroatoms. The van der Waals surface area contributed by atoms with Gasteiger partial charge in [0, 0.05) is 7.05 Å². The van der Waals surface area contributed by atoms with Crippen LogP contribution in [0, 0.1) is 6.92 Å². The number of methoxy groups -OCH3 is 1. The average Bonchev–Trinajstić information content (AvgIpc) is 3.05. The molecule has 2 heterocycles. The summed E-state index contributed by atoms with van der Waals surface area (Å²) in [5, 5.41) is 0. The summed E-state index contributed by atoms with van der Waals surface area (Å²) in [7, 11) is 3.32. The highest BCUT2D eigenvalue weighted by Crippen LogP contribution is 2.18. The second kappa shape index (κ2) is 6.28. The van der Waals surface area contributed by atoms with Crippen LogP contribution in [0.3, 0.4) is 0 Å². The van der Waals surface area contributed by atoms with E-state index < -0.39 is 11.2 Å². The summed E-state index contributed by atoms with van der Waals surface area (Å²) in [6, 6.07) is 14.4. The van der Waals surface area contributed by atoms with Gasteiger partial charge in [0.1, 0.15) is 5.75 Å². The summed E-state index contributed by atoms with van der Waals surface area (Å²) in [5.74, 6) is 0.677. The number of aryl methyl sites for hydroxylation is 2. The Morgan fingerprint density at radius 2 is 1.67 bits per heavy atom. The highest BCUT2D eigenvalue weighted by atomic mass is 16.5. The van der Waals surface area contributed by atoms with Crippen LogP contribution in [0.15, 0.2) is 64.4 Å². The molecule has 0 spiro atoms. The molecule has 0 aliphatic rings. The van der Waals surface area contributed by atoms with E-state index in [0.717, 1.165) is 5.56 Å². The monoisotopic (exact) mass is 362 g/mol. The van der Waals surface area contributed by atoms with E-state index in [1.54, 1.807) is 55.1 Å². The van der Waals surface area contributed by atoms with Gasteiger partial charge in [0.2, 0.25) is 0 Å². The van der Waals surface area contributed by atoms with Crippen molar-refractivity contribution in [1.29, 1.82) is 0 Å². The van der Waals surface area contributed by atoms with E-state index in [4.69, 9.17) is 4.74 Å². The van der Waals surface area contributed by atoms with Gasteiger partial charge >= 0.3 is 5.69 Å². The smallest absolute Gasteiger partial charge is 0.342 e. The topological polar surface area (TPSA) is 71.1 Å². The van der Waals surface area contributed by atoms with Crippen molar-refractivity contribution in [2.75, 3.05) is 7.11 Å². The second-order valence-electron chi connectivity index (χ2n) is 6.27. The summed E-state index contributed by atoms with van der Waals surface area (Å²) >= 11 is 0. The van der Waals surface area contributed by atoms with Crippen LogP contribution in [0.2, 0.25) is 0 Å². The Morgan fingerprint density at radius 3 is 2.33 bits per heavy atom. The van der Waals surface area contributed by atoms with Crippen LogP contribution in [0.25, 0.3) is 22.5 Å². The zero-order valence-electron chi connectivity index (χ0n) is 15.2. The SMILES string of the molecule is COc1ccc(-n2c(=O)n(-c3ccccc3C)c(=O)c3c2ncn3C)cc1. The van der Waals surface area contributed by atoms with E-state index in [1.807, 2.05) is 19.1 Å². The maximum atomic E-state index is 13.4. The molecule has 0 atom stereocenters. The lowest BCUT2D eigenvalue weighted by Gasteiger charge is -2.13. The quantitative estimate of drug-likeness (QED) is 0.560. The molecule has 2 aromatic carbocycles. The minimum atomic E-state index is -0.467. The molecular formula is C20H18N4O3. The fourth-order valence-electron chi connectivity index (χ4n) is 3.20. The Morgan fingerprint density at radius 1 is 0.963 bits per heavy atom. The number of ether oxygens (including phenoxy) is 1. The van der Waals surface area contributed by atoms with Crippen molar-refractivity contribution in [1.82, 2.24) is 18.7 Å². The van der Waals surface area contributed by atoms with Gasteiger partial charge in [-0.25, -0.2) is 18.9 Å². The van der Waals surface area contributed by atoms with Crippen molar-refractivity contribution in [3.63, 3.8) is 0 Å². The molecule has 0 N–H and O–H groups in total. The van der Waals surface area contributed by atoms with Crippen LogP contribution in [-0.2, 0) is 7.05 Å². The molecule has 0 fully saturated rings. The van der Waals surface area contributed by atoms with E-state index in [1.165, 1.54) is 15.5 Å². The zero-order valence-corrected chi connectivity index (χ0v) is 15.2. The van der Waals surface area contributed by atoms with Crippen LogP contribution in [0.5, 0.6) is 5.75 Å². The minimum absolute atomic E-state index is 0.322. The van der Waals surface area contributed by atoms with Gasteiger partial charge in [-0.1, -0.05) is 18.2 Å². The second-order valence-corrected chi connectivity index (χ2v) is 6.27. The molecule has 2 aromatic heterocycles. The molecule has 27 heavy (non-hydrogen) atoms. The standard InChI is InChI=1S/C20H18N4O3/c1-13-6-4-5-7-16(13)24-19(25)17-18(21-12-22(17)2)23(20(24)26)14-8-10-15(27-3)11-9-14/h4-12H,1-3H3. The third kappa shape index (κ3) is 2.55. The van der Waals surface area contributed by atoms with Gasteiger partial charge < -0.3 is 9.30 Å². The number of para-hydroxylation sites is 1. The van der Waals surface area contributed by atoms with Gasteiger partial charge in [0.15, 0.2) is 11.2 Å². The van der Waals surface area contributed by atoms with Gasteiger partial charge in [0.05, 0.1) is 24.8 Å². The van der Waals surface area contributed by atoms with E-state index in [9.17, 15) is 9.59 Å². The lowest BCUT2D eigenvalue weighted by Crippen LogP contribution is -2.39. The largest absolute Gasteiger partial charge is 0.497 e. The van der Waals surface area contributed by atoms with Crippen molar-refractivity contribution in [2.24, 2.45) is 7.05 Å². The van der Waals surface area contributed by atoms with E-state index in [0.29, 0.717) is 28.3 Å². The predicted molar refractivity (Wildman–Crippen MR) is 103 cm³/mol.